The lowest BCUT2D eigenvalue weighted by Gasteiger charge is -2.32. The molecule has 1 aliphatic rings. The molecule has 2 rings (SSSR count). The van der Waals surface area contributed by atoms with Crippen LogP contribution in [0.4, 0.5) is 11.5 Å². The lowest BCUT2D eigenvalue weighted by atomic mass is 9.93. The molecule has 0 radical (unpaired) electrons. The number of rotatable bonds is 5. The van der Waals surface area contributed by atoms with E-state index in [0.717, 1.165) is 12.8 Å². The normalized spacial score (nSPS) is 15.0. The van der Waals surface area contributed by atoms with Crippen molar-refractivity contribution in [3.63, 3.8) is 0 Å². The van der Waals surface area contributed by atoms with E-state index >= 15 is 0 Å². The number of carbonyl (C=O) groups excluding carboxylic acids is 1. The molecule has 1 aromatic rings. The molecule has 0 bridgehead atoms. The Bertz CT molecular complexity index is 633. The predicted molar refractivity (Wildman–Crippen MR) is 81.8 cm³/mol. The summed E-state index contributed by atoms with van der Waals surface area (Å²) in [4.78, 5) is 28.1. The summed E-state index contributed by atoms with van der Waals surface area (Å²) >= 11 is 0. The Labute approximate surface area is 133 Å². The van der Waals surface area contributed by atoms with Gasteiger partial charge in [0, 0.05) is 31.8 Å². The average Bonchev–Trinajstić information content (AvgIpc) is 2.55. The number of nitro groups is 1. The summed E-state index contributed by atoms with van der Waals surface area (Å²) in [6.07, 6.45) is 3.22. The van der Waals surface area contributed by atoms with Crippen LogP contribution in [0.1, 0.15) is 31.7 Å². The molecule has 0 saturated carbocycles. The first-order valence-electron chi connectivity index (χ1n) is 7.50. The molecule has 0 N–H and O–H groups in total. The zero-order chi connectivity index (χ0) is 16.8. The van der Waals surface area contributed by atoms with Crippen molar-refractivity contribution in [3.05, 3.63) is 27.9 Å². The van der Waals surface area contributed by atoms with Gasteiger partial charge in [-0.2, -0.15) is 5.26 Å². The average molecular weight is 318 g/mol. The molecule has 2 heterocycles. The van der Waals surface area contributed by atoms with Crippen molar-refractivity contribution in [2.24, 2.45) is 5.92 Å². The molecular formula is C15H18N4O4. The first kappa shape index (κ1) is 16.7. The maximum absolute atomic E-state index is 11.5. The lowest BCUT2D eigenvalue weighted by molar-refractivity contribution is -0.384. The zero-order valence-corrected chi connectivity index (χ0v) is 12.9. The Morgan fingerprint density at radius 3 is 2.83 bits per heavy atom. The fourth-order valence-electron chi connectivity index (χ4n) is 2.69. The fourth-order valence-corrected chi connectivity index (χ4v) is 2.69. The third-order valence-electron chi connectivity index (χ3n) is 3.85. The minimum atomic E-state index is -0.520. The third kappa shape index (κ3) is 4.16. The number of hydrogen-bond donors (Lipinski definition) is 0. The molecule has 8 nitrogen and oxygen atoms in total. The standard InChI is InChI=1S/C15H18N4O4/c1-2-23-14(20)8-11-3-5-18(6-4-11)15-13(19(21)22)7-12(9-16)10-17-15/h7,10-11H,2-6,8H2,1H3. The molecule has 0 aliphatic carbocycles. The molecule has 0 atom stereocenters. The van der Waals surface area contributed by atoms with Gasteiger partial charge in [-0.25, -0.2) is 4.98 Å². The second-order valence-electron chi connectivity index (χ2n) is 5.38. The summed E-state index contributed by atoms with van der Waals surface area (Å²) in [5.74, 6) is 0.305. The molecule has 0 unspecified atom stereocenters. The smallest absolute Gasteiger partial charge is 0.312 e. The Balaban J connectivity index is 2.04. The third-order valence-corrected chi connectivity index (χ3v) is 3.85. The Morgan fingerprint density at radius 2 is 2.26 bits per heavy atom. The Kier molecular flexibility index (Phi) is 5.46. The highest BCUT2D eigenvalue weighted by atomic mass is 16.6. The molecule has 8 heteroatoms. The first-order chi connectivity index (χ1) is 11.0. The maximum Gasteiger partial charge on any atom is 0.312 e. The summed E-state index contributed by atoms with van der Waals surface area (Å²) in [5.41, 5.74) is 0.00513. The van der Waals surface area contributed by atoms with Gasteiger partial charge in [0.25, 0.3) is 0 Å². The predicted octanol–water partition coefficient (Wildman–Crippen LogP) is 2.03. The number of esters is 1. The molecule has 122 valence electrons. The number of carbonyl (C=O) groups is 1. The molecule has 0 spiro atoms. The van der Waals surface area contributed by atoms with Crippen molar-refractivity contribution in [1.29, 1.82) is 5.26 Å². The van der Waals surface area contributed by atoms with Crippen molar-refractivity contribution in [2.45, 2.75) is 26.2 Å². The Hall–Kier alpha value is -2.69. The zero-order valence-electron chi connectivity index (χ0n) is 12.9. The van der Waals surface area contributed by atoms with Gasteiger partial charge >= 0.3 is 11.7 Å². The van der Waals surface area contributed by atoms with E-state index in [1.165, 1.54) is 12.3 Å². The van der Waals surface area contributed by atoms with E-state index in [1.807, 2.05) is 11.0 Å². The van der Waals surface area contributed by atoms with Gasteiger partial charge in [-0.15, -0.1) is 0 Å². The van der Waals surface area contributed by atoms with E-state index < -0.39 is 4.92 Å². The number of anilines is 1. The molecule has 1 saturated heterocycles. The number of ether oxygens (including phenoxy) is 1. The van der Waals surface area contributed by atoms with Crippen LogP contribution in [0.2, 0.25) is 0 Å². The van der Waals surface area contributed by atoms with Gasteiger partial charge in [0.05, 0.1) is 17.1 Å². The minimum Gasteiger partial charge on any atom is -0.466 e. The van der Waals surface area contributed by atoms with Gasteiger partial charge in [0.2, 0.25) is 5.82 Å². The number of pyridine rings is 1. The first-order valence-corrected chi connectivity index (χ1v) is 7.50. The largest absolute Gasteiger partial charge is 0.466 e. The van der Waals surface area contributed by atoms with Gasteiger partial charge < -0.3 is 9.64 Å². The van der Waals surface area contributed by atoms with Crippen molar-refractivity contribution >= 4 is 17.5 Å². The number of piperidine rings is 1. The van der Waals surface area contributed by atoms with E-state index in [9.17, 15) is 14.9 Å². The van der Waals surface area contributed by atoms with Gasteiger partial charge in [0.1, 0.15) is 6.07 Å². The second kappa shape index (κ2) is 7.54. The molecule has 23 heavy (non-hydrogen) atoms. The van der Waals surface area contributed by atoms with Gasteiger partial charge in [0.15, 0.2) is 0 Å². The number of hydrogen-bond acceptors (Lipinski definition) is 7. The molecule has 1 aliphatic heterocycles. The minimum absolute atomic E-state index is 0.159. The van der Waals surface area contributed by atoms with Gasteiger partial charge in [-0.1, -0.05) is 0 Å². The summed E-state index contributed by atoms with van der Waals surface area (Å²) in [7, 11) is 0. The summed E-state index contributed by atoms with van der Waals surface area (Å²) in [6, 6.07) is 3.10. The van der Waals surface area contributed by atoms with Gasteiger partial charge in [-0.3, -0.25) is 14.9 Å². The topological polar surface area (TPSA) is 109 Å². The van der Waals surface area contributed by atoms with E-state index in [0.29, 0.717) is 26.1 Å². The number of aromatic nitrogens is 1. The van der Waals surface area contributed by atoms with Crippen LogP contribution >= 0.6 is 0 Å². The number of nitriles is 1. The maximum atomic E-state index is 11.5. The van der Waals surface area contributed by atoms with Crippen LogP contribution in [0, 0.1) is 27.4 Å². The van der Waals surface area contributed by atoms with Crippen LogP contribution in [0.3, 0.4) is 0 Å². The van der Waals surface area contributed by atoms with Gasteiger partial charge in [-0.05, 0) is 25.7 Å². The van der Waals surface area contributed by atoms with Crippen LogP contribution in [0.5, 0.6) is 0 Å². The molecule has 1 aromatic heterocycles. The molecule has 0 aromatic carbocycles. The van der Waals surface area contributed by atoms with Crippen molar-refractivity contribution in [3.8, 4) is 6.07 Å². The highest BCUT2D eigenvalue weighted by molar-refractivity contribution is 5.69. The highest BCUT2D eigenvalue weighted by Gasteiger charge is 2.27. The van der Waals surface area contributed by atoms with Crippen LogP contribution in [-0.2, 0) is 9.53 Å². The summed E-state index contributed by atoms with van der Waals surface area (Å²) < 4.78 is 4.95. The van der Waals surface area contributed by atoms with Crippen LogP contribution in [0.15, 0.2) is 12.3 Å². The van der Waals surface area contributed by atoms with Crippen molar-refractivity contribution in [1.82, 2.24) is 4.98 Å². The van der Waals surface area contributed by atoms with Crippen molar-refractivity contribution in [2.75, 3.05) is 24.6 Å². The van der Waals surface area contributed by atoms with Crippen LogP contribution in [-0.4, -0.2) is 35.6 Å². The monoisotopic (exact) mass is 318 g/mol. The van der Waals surface area contributed by atoms with E-state index in [4.69, 9.17) is 10.00 Å². The number of nitrogens with zero attached hydrogens (tertiary/aromatic N) is 4. The van der Waals surface area contributed by atoms with Crippen LogP contribution < -0.4 is 4.90 Å². The summed E-state index contributed by atoms with van der Waals surface area (Å²) in [5, 5.41) is 20.0. The van der Waals surface area contributed by atoms with Crippen LogP contribution in [0.25, 0.3) is 0 Å². The Morgan fingerprint density at radius 1 is 1.57 bits per heavy atom. The van der Waals surface area contributed by atoms with E-state index in [-0.39, 0.29) is 29.0 Å². The molecular weight excluding hydrogens is 300 g/mol. The fraction of sp³-hybridized carbons (Fsp3) is 0.533. The molecule has 1 fully saturated rings. The SMILES string of the molecule is CCOC(=O)CC1CCN(c2ncc(C#N)cc2[N+](=O)[O-])CC1. The van der Waals surface area contributed by atoms with E-state index in [2.05, 4.69) is 4.98 Å². The second-order valence-corrected chi connectivity index (χ2v) is 5.38. The van der Waals surface area contributed by atoms with Crippen molar-refractivity contribution < 1.29 is 14.5 Å². The molecule has 0 amide bonds. The quantitative estimate of drug-likeness (QED) is 0.464. The lowest BCUT2D eigenvalue weighted by Crippen LogP contribution is -2.35. The summed E-state index contributed by atoms with van der Waals surface area (Å²) in [6.45, 7) is 3.32. The van der Waals surface area contributed by atoms with E-state index in [1.54, 1.807) is 6.92 Å². The highest BCUT2D eigenvalue weighted by Crippen LogP contribution is 2.31.